The molecule has 2 aliphatic heterocycles. The summed E-state index contributed by atoms with van der Waals surface area (Å²) in [4.78, 5) is 0.491. The van der Waals surface area contributed by atoms with E-state index in [0.29, 0.717) is 11.8 Å². The second-order valence-electron chi connectivity index (χ2n) is 5.28. The van der Waals surface area contributed by atoms with Crippen LogP contribution in [0.4, 0.5) is 0 Å². The highest BCUT2D eigenvalue weighted by molar-refractivity contribution is 5.49. The molecule has 4 heteroatoms. The molecule has 0 aliphatic carbocycles. The molecular formula is C19H29NO3. The second kappa shape index (κ2) is 6.70. The molecule has 4 atom stereocenters. The van der Waals surface area contributed by atoms with Crippen molar-refractivity contribution in [3.63, 3.8) is 0 Å². The highest BCUT2D eigenvalue weighted by Crippen LogP contribution is 2.43. The van der Waals surface area contributed by atoms with Gasteiger partial charge in [0.2, 0.25) is 0 Å². The van der Waals surface area contributed by atoms with Crippen molar-refractivity contribution in [2.24, 2.45) is 11.8 Å². The first kappa shape index (κ1) is 6.57. The summed E-state index contributed by atoms with van der Waals surface area (Å²) >= 11 is 0. The predicted molar refractivity (Wildman–Crippen MR) is 91.1 cm³/mol. The Morgan fingerprint density at radius 1 is 1.52 bits per heavy atom. The summed E-state index contributed by atoms with van der Waals surface area (Å²) in [6, 6.07) is 0.331. The van der Waals surface area contributed by atoms with Gasteiger partial charge < -0.3 is 14.6 Å². The van der Waals surface area contributed by atoms with Gasteiger partial charge in [0.1, 0.15) is 0 Å². The summed E-state index contributed by atoms with van der Waals surface area (Å²) in [6.45, 7) is -7.25. The third-order valence-corrected chi connectivity index (χ3v) is 3.72. The Labute approximate surface area is 159 Å². The van der Waals surface area contributed by atoms with Crippen molar-refractivity contribution < 1.29 is 33.8 Å². The Bertz CT molecular complexity index is 1090. The molecule has 0 bridgehead atoms. The standard InChI is InChI=1S/C19H29NO3/c1-12(2)7-14-11-20-6-5-13-8-18(22-3)19(23-4)9-15(13)16(20)10-17(14)21/h8-9,12,14,16-17,21H,5-7,10-11H2,1-4H3/t14-,16-,17+/m0/s1/i1D3,5D2,6D2,7D2,10D2,12D,14D,17D/t12?,14-,16-,17+. The molecule has 0 aromatic heterocycles. The number of methoxy groups -OCH3 is 2. The number of hydrogen-bond acceptors (Lipinski definition) is 4. The molecule has 2 heterocycles. The van der Waals surface area contributed by atoms with E-state index in [1.54, 1.807) is 0 Å². The maximum atomic E-state index is 11.3. The SMILES string of the molecule is [2H]C([2H])([2H])C([2H])(C)C([2H])([2H])[C@@]1([2H])CN2[C@H](c3cc(OC)c(OC)cc3C([2H])([2H])C2([2H])[2H])C([2H])([2H])[C@@]1([2H])O. The topological polar surface area (TPSA) is 41.9 Å². The fourth-order valence-corrected chi connectivity index (χ4v) is 2.67. The molecule has 0 amide bonds. The van der Waals surface area contributed by atoms with Gasteiger partial charge in [-0.1, -0.05) is 13.8 Å². The first-order chi connectivity index (χ1) is 16.3. The molecule has 0 saturated carbocycles. The summed E-state index contributed by atoms with van der Waals surface area (Å²) in [5.74, 6) is -6.64. The molecule has 1 saturated heterocycles. The first-order valence-corrected chi connectivity index (χ1v) is 7.08. The number of benzene rings is 1. The molecule has 3 rings (SSSR count). The molecule has 4 nitrogen and oxygen atoms in total. The van der Waals surface area contributed by atoms with E-state index in [4.69, 9.17) is 28.7 Å². The highest BCUT2D eigenvalue weighted by atomic mass is 16.5. The number of aliphatic hydroxyl groups is 1. The molecule has 1 fully saturated rings. The van der Waals surface area contributed by atoms with Crippen molar-refractivity contribution in [2.45, 2.75) is 45.0 Å². The summed E-state index contributed by atoms with van der Waals surface area (Å²) < 4.78 is 128. The summed E-state index contributed by atoms with van der Waals surface area (Å²) in [5, 5.41) is 11.3. The highest BCUT2D eigenvalue weighted by Gasteiger charge is 2.38. The van der Waals surface area contributed by atoms with Gasteiger partial charge in [0, 0.05) is 36.9 Å². The molecule has 128 valence electrons. The van der Waals surface area contributed by atoms with Gasteiger partial charge in [-0.3, -0.25) is 4.90 Å². The Morgan fingerprint density at radius 2 is 2.26 bits per heavy atom. The lowest BCUT2D eigenvalue weighted by Gasteiger charge is -2.46. The maximum absolute atomic E-state index is 11.3. The third-order valence-electron chi connectivity index (χ3n) is 3.72. The number of piperidine rings is 1. The Kier molecular flexibility index (Phi) is 1.91. The molecular weight excluding hydrogens is 290 g/mol. The van der Waals surface area contributed by atoms with Crippen molar-refractivity contribution in [3.8, 4) is 11.5 Å². The van der Waals surface area contributed by atoms with Crippen LogP contribution in [0.15, 0.2) is 12.1 Å². The summed E-state index contributed by atoms with van der Waals surface area (Å²) in [6.07, 6.45) is -13.7. The van der Waals surface area contributed by atoms with Crippen LogP contribution in [0, 0.1) is 11.8 Å². The van der Waals surface area contributed by atoms with Crippen molar-refractivity contribution in [3.05, 3.63) is 23.3 Å². The molecule has 2 aliphatic rings. The number of nitrogens with zero attached hydrogens (tertiary/aromatic N) is 1. The monoisotopic (exact) mass is 333 g/mol. The van der Waals surface area contributed by atoms with E-state index in [1.807, 2.05) is 0 Å². The van der Waals surface area contributed by atoms with Gasteiger partial charge in [-0.15, -0.1) is 0 Å². The van der Waals surface area contributed by atoms with Gasteiger partial charge in [-0.05, 0) is 54.2 Å². The van der Waals surface area contributed by atoms with E-state index in [0.717, 1.165) is 12.1 Å². The minimum absolute atomic E-state index is 0.000650. The van der Waals surface area contributed by atoms with Gasteiger partial charge in [-0.2, -0.15) is 0 Å². The van der Waals surface area contributed by atoms with Crippen LogP contribution < -0.4 is 9.47 Å². The predicted octanol–water partition coefficient (Wildman–Crippen LogP) is 3.03. The van der Waals surface area contributed by atoms with Crippen LogP contribution in [0.1, 0.15) is 62.9 Å². The van der Waals surface area contributed by atoms with E-state index < -0.39 is 62.9 Å². The van der Waals surface area contributed by atoms with Crippen LogP contribution in [0.5, 0.6) is 11.5 Å². The van der Waals surface area contributed by atoms with E-state index in [1.165, 1.54) is 14.2 Å². The number of rotatable bonds is 4. The quantitative estimate of drug-likeness (QED) is 0.920. The van der Waals surface area contributed by atoms with Crippen LogP contribution >= 0.6 is 0 Å². The number of ether oxygens (including phenoxy) is 2. The van der Waals surface area contributed by atoms with Gasteiger partial charge >= 0.3 is 0 Å². The minimum atomic E-state index is -3.75. The average Bonchev–Trinajstić information content (AvgIpc) is 2.74. The number of hydrogen-bond donors (Lipinski definition) is 1. The van der Waals surface area contributed by atoms with E-state index in [9.17, 15) is 5.11 Å². The normalized spacial score (nSPS) is 53.1. The lowest BCUT2D eigenvalue weighted by Crippen LogP contribution is -2.48. The van der Waals surface area contributed by atoms with Crippen molar-refractivity contribution in [2.75, 3.05) is 27.3 Å². The molecule has 1 aromatic carbocycles. The summed E-state index contributed by atoms with van der Waals surface area (Å²) in [7, 11) is 2.51. The van der Waals surface area contributed by atoms with Gasteiger partial charge in [-0.25, -0.2) is 0 Å². The van der Waals surface area contributed by atoms with Gasteiger partial charge in [0.05, 0.1) is 21.7 Å². The maximum Gasteiger partial charge on any atom is 0.161 e. The van der Waals surface area contributed by atoms with Crippen LogP contribution in [0.25, 0.3) is 0 Å². The molecule has 0 radical (unpaired) electrons. The molecule has 1 aromatic rings. The third kappa shape index (κ3) is 3.20. The van der Waals surface area contributed by atoms with E-state index >= 15 is 0 Å². The Balaban J connectivity index is 2.41. The molecule has 23 heavy (non-hydrogen) atoms. The number of aryl methyl sites for hydroxylation is 1. The zero-order valence-electron chi connectivity index (χ0n) is 27.2. The molecule has 1 N–H and O–H groups in total. The van der Waals surface area contributed by atoms with E-state index in [2.05, 4.69) is 0 Å². The number of fused-ring (bicyclic) bond motifs is 3. The zero-order chi connectivity index (χ0) is 29.0. The average molecular weight is 334 g/mol. The Hall–Kier alpha value is -1.26. The van der Waals surface area contributed by atoms with Crippen LogP contribution in [0.3, 0.4) is 0 Å². The Morgan fingerprint density at radius 3 is 2.96 bits per heavy atom. The lowest BCUT2D eigenvalue weighted by atomic mass is 9.79. The van der Waals surface area contributed by atoms with Crippen molar-refractivity contribution >= 4 is 0 Å². The fourth-order valence-electron chi connectivity index (χ4n) is 2.67. The molecule has 1 unspecified atom stereocenters. The minimum Gasteiger partial charge on any atom is -0.493 e. The lowest BCUT2D eigenvalue weighted by molar-refractivity contribution is -0.0191. The fraction of sp³-hybridized carbons (Fsp3) is 0.684. The van der Waals surface area contributed by atoms with E-state index in [-0.39, 0.29) is 22.6 Å². The largest absolute Gasteiger partial charge is 0.493 e. The summed E-state index contributed by atoms with van der Waals surface area (Å²) in [5.41, 5.74) is -0.607. The first-order valence-electron chi connectivity index (χ1n) is 14.1. The van der Waals surface area contributed by atoms with Crippen molar-refractivity contribution in [1.82, 2.24) is 4.90 Å². The van der Waals surface area contributed by atoms with Crippen LogP contribution in [0.2, 0.25) is 0 Å². The smallest absolute Gasteiger partial charge is 0.161 e. The van der Waals surface area contributed by atoms with Crippen molar-refractivity contribution in [1.29, 1.82) is 0 Å². The molecule has 0 spiro atoms. The van der Waals surface area contributed by atoms with Gasteiger partial charge in [0.25, 0.3) is 0 Å². The van der Waals surface area contributed by atoms with Crippen LogP contribution in [-0.4, -0.2) is 43.3 Å². The van der Waals surface area contributed by atoms with Gasteiger partial charge in [0.15, 0.2) is 11.5 Å². The second-order valence-corrected chi connectivity index (χ2v) is 5.28. The van der Waals surface area contributed by atoms with Crippen LogP contribution in [-0.2, 0) is 6.37 Å². The zero-order valence-corrected chi connectivity index (χ0v) is 13.2.